The topological polar surface area (TPSA) is 81.8 Å². The van der Waals surface area contributed by atoms with Crippen molar-refractivity contribution >= 4 is 15.9 Å². The first-order valence-electron chi connectivity index (χ1n) is 8.61. The molecule has 1 saturated heterocycles. The number of carbonyl (C=O) groups excluding carboxylic acids is 1. The Kier molecular flexibility index (Phi) is 7.37. The minimum absolute atomic E-state index is 0.00838. The normalized spacial score (nSPS) is 16.7. The van der Waals surface area contributed by atoms with Crippen molar-refractivity contribution < 1.29 is 13.2 Å². The molecule has 2 N–H and O–H groups in total. The Bertz CT molecular complexity index is 653. The van der Waals surface area contributed by atoms with Crippen molar-refractivity contribution in [3.63, 3.8) is 0 Å². The number of rotatable bonds is 8. The molecule has 0 radical (unpaired) electrons. The molecule has 1 aromatic rings. The molecule has 1 aliphatic rings. The van der Waals surface area contributed by atoms with Crippen molar-refractivity contribution in [3.8, 4) is 0 Å². The van der Waals surface area contributed by atoms with Gasteiger partial charge >= 0.3 is 0 Å². The quantitative estimate of drug-likeness (QED) is 0.633. The molecule has 0 bridgehead atoms. The third kappa shape index (κ3) is 6.74. The summed E-state index contributed by atoms with van der Waals surface area (Å²) in [5, 5.41) is 2.85. The Morgan fingerprint density at radius 2 is 1.72 bits per heavy atom. The van der Waals surface area contributed by atoms with Gasteiger partial charge in [0.1, 0.15) is 0 Å². The number of aryl methyl sites for hydroxylation is 1. The summed E-state index contributed by atoms with van der Waals surface area (Å²) < 4.78 is 26.8. The van der Waals surface area contributed by atoms with Crippen LogP contribution in [0.15, 0.2) is 29.2 Å². The molecule has 1 fully saturated rings. The van der Waals surface area contributed by atoms with Crippen LogP contribution in [0.4, 0.5) is 0 Å². The summed E-state index contributed by atoms with van der Waals surface area (Å²) in [5.74, 6) is -0.00838. The van der Waals surface area contributed by atoms with Crippen LogP contribution in [-0.2, 0) is 14.8 Å². The SMILES string of the molecule is Cc1ccc(S(=O)(=O)NCCCNC(=O)CN2CCN(C)CC2)cc1. The van der Waals surface area contributed by atoms with Gasteiger partial charge in [0.15, 0.2) is 0 Å². The predicted octanol–water partition coefficient (Wildman–Crippen LogP) is 0.0270. The number of hydrogen-bond donors (Lipinski definition) is 2. The number of nitrogens with zero attached hydrogens (tertiary/aromatic N) is 2. The Balaban J connectivity index is 1.62. The molecule has 140 valence electrons. The lowest BCUT2D eigenvalue weighted by Gasteiger charge is -2.31. The highest BCUT2D eigenvalue weighted by molar-refractivity contribution is 7.89. The highest BCUT2D eigenvalue weighted by Crippen LogP contribution is 2.09. The van der Waals surface area contributed by atoms with E-state index >= 15 is 0 Å². The number of nitrogens with one attached hydrogen (secondary N) is 2. The second-order valence-electron chi connectivity index (χ2n) is 6.49. The van der Waals surface area contributed by atoms with Gasteiger partial charge in [-0.3, -0.25) is 9.69 Å². The van der Waals surface area contributed by atoms with Crippen molar-refractivity contribution in [2.24, 2.45) is 0 Å². The summed E-state index contributed by atoms with van der Waals surface area (Å²) in [6.45, 7) is 6.84. The fourth-order valence-electron chi connectivity index (χ4n) is 2.59. The lowest BCUT2D eigenvalue weighted by Crippen LogP contribution is -2.48. The van der Waals surface area contributed by atoms with Crippen molar-refractivity contribution in [3.05, 3.63) is 29.8 Å². The number of carbonyl (C=O) groups is 1. The van der Waals surface area contributed by atoms with E-state index in [4.69, 9.17) is 0 Å². The van der Waals surface area contributed by atoms with E-state index < -0.39 is 10.0 Å². The van der Waals surface area contributed by atoms with Crippen molar-refractivity contribution in [1.29, 1.82) is 0 Å². The van der Waals surface area contributed by atoms with Crippen LogP contribution < -0.4 is 10.0 Å². The number of piperazine rings is 1. The Morgan fingerprint density at radius 1 is 1.08 bits per heavy atom. The molecule has 2 rings (SSSR count). The zero-order valence-corrected chi connectivity index (χ0v) is 15.8. The van der Waals surface area contributed by atoms with Crippen LogP contribution in [0.25, 0.3) is 0 Å². The Hall–Kier alpha value is -1.48. The van der Waals surface area contributed by atoms with Crippen LogP contribution in [0.1, 0.15) is 12.0 Å². The van der Waals surface area contributed by atoms with Crippen LogP contribution in [0.2, 0.25) is 0 Å². The molecule has 7 nitrogen and oxygen atoms in total. The zero-order chi connectivity index (χ0) is 18.3. The van der Waals surface area contributed by atoms with E-state index in [1.807, 2.05) is 6.92 Å². The number of likely N-dealkylation sites (N-methyl/N-ethyl adjacent to an activating group) is 1. The second-order valence-corrected chi connectivity index (χ2v) is 8.26. The van der Waals surface area contributed by atoms with E-state index in [2.05, 4.69) is 26.9 Å². The number of benzene rings is 1. The maximum absolute atomic E-state index is 12.1. The van der Waals surface area contributed by atoms with E-state index in [0.29, 0.717) is 26.1 Å². The monoisotopic (exact) mass is 368 g/mol. The van der Waals surface area contributed by atoms with Crippen LogP contribution in [0.3, 0.4) is 0 Å². The molecule has 0 unspecified atom stereocenters. The van der Waals surface area contributed by atoms with Crippen LogP contribution >= 0.6 is 0 Å². The maximum Gasteiger partial charge on any atom is 0.240 e. The first-order valence-corrected chi connectivity index (χ1v) is 10.1. The molecular weight excluding hydrogens is 340 g/mol. The summed E-state index contributed by atoms with van der Waals surface area (Å²) in [5.41, 5.74) is 1.02. The van der Waals surface area contributed by atoms with Gasteiger partial charge in [-0.2, -0.15) is 0 Å². The maximum atomic E-state index is 12.1. The van der Waals surface area contributed by atoms with Gasteiger partial charge in [-0.1, -0.05) is 17.7 Å². The van der Waals surface area contributed by atoms with Crippen molar-refractivity contribution in [2.75, 3.05) is 52.9 Å². The third-order valence-corrected chi connectivity index (χ3v) is 5.74. The van der Waals surface area contributed by atoms with Gasteiger partial charge in [0, 0.05) is 39.3 Å². The third-order valence-electron chi connectivity index (χ3n) is 4.26. The average Bonchev–Trinajstić information content (AvgIpc) is 2.57. The number of sulfonamides is 1. The van der Waals surface area contributed by atoms with Crippen molar-refractivity contribution in [1.82, 2.24) is 19.8 Å². The van der Waals surface area contributed by atoms with Crippen LogP contribution in [0, 0.1) is 6.92 Å². The minimum Gasteiger partial charge on any atom is -0.355 e. The van der Waals surface area contributed by atoms with E-state index in [0.717, 1.165) is 31.7 Å². The van der Waals surface area contributed by atoms with Crippen LogP contribution in [0.5, 0.6) is 0 Å². The second kappa shape index (κ2) is 9.28. The van der Waals surface area contributed by atoms with Crippen molar-refractivity contribution in [2.45, 2.75) is 18.2 Å². The molecule has 1 heterocycles. The largest absolute Gasteiger partial charge is 0.355 e. The van der Waals surface area contributed by atoms with Gasteiger partial charge in [-0.05, 0) is 32.5 Å². The lowest BCUT2D eigenvalue weighted by molar-refractivity contribution is -0.122. The van der Waals surface area contributed by atoms with E-state index in [1.54, 1.807) is 24.3 Å². The van der Waals surface area contributed by atoms with Gasteiger partial charge in [0.25, 0.3) is 0 Å². The molecule has 0 saturated carbocycles. The summed E-state index contributed by atoms with van der Waals surface area (Å²) in [6.07, 6.45) is 0.555. The molecule has 1 aromatic carbocycles. The van der Waals surface area contributed by atoms with Gasteiger partial charge in [0.05, 0.1) is 11.4 Å². The smallest absolute Gasteiger partial charge is 0.240 e. The molecule has 1 aliphatic heterocycles. The summed E-state index contributed by atoms with van der Waals surface area (Å²) in [7, 11) is -1.40. The Labute approximate surface area is 150 Å². The highest BCUT2D eigenvalue weighted by atomic mass is 32.2. The first-order chi connectivity index (χ1) is 11.9. The summed E-state index contributed by atoms with van der Waals surface area (Å²) >= 11 is 0. The van der Waals surface area contributed by atoms with E-state index in [9.17, 15) is 13.2 Å². The molecular formula is C17H28N4O3S. The van der Waals surface area contributed by atoms with E-state index in [1.165, 1.54) is 0 Å². The molecule has 0 spiro atoms. The fraction of sp³-hybridized carbons (Fsp3) is 0.588. The van der Waals surface area contributed by atoms with E-state index in [-0.39, 0.29) is 10.8 Å². The number of amides is 1. The minimum atomic E-state index is -3.48. The first kappa shape index (κ1) is 19.8. The van der Waals surface area contributed by atoms with Gasteiger partial charge in [-0.15, -0.1) is 0 Å². The molecule has 0 aliphatic carbocycles. The fourth-order valence-corrected chi connectivity index (χ4v) is 3.66. The van der Waals surface area contributed by atoms with Gasteiger partial charge < -0.3 is 10.2 Å². The highest BCUT2D eigenvalue weighted by Gasteiger charge is 2.16. The average molecular weight is 369 g/mol. The summed E-state index contributed by atoms with van der Waals surface area (Å²) in [6, 6.07) is 6.73. The molecule has 25 heavy (non-hydrogen) atoms. The lowest BCUT2D eigenvalue weighted by atomic mass is 10.2. The van der Waals surface area contributed by atoms with Gasteiger partial charge in [-0.25, -0.2) is 13.1 Å². The molecule has 0 atom stereocenters. The molecule has 1 amide bonds. The predicted molar refractivity (Wildman–Crippen MR) is 97.9 cm³/mol. The zero-order valence-electron chi connectivity index (χ0n) is 15.0. The Morgan fingerprint density at radius 3 is 2.36 bits per heavy atom. The molecule has 0 aromatic heterocycles. The number of hydrogen-bond acceptors (Lipinski definition) is 5. The summed E-state index contributed by atoms with van der Waals surface area (Å²) in [4.78, 5) is 16.5. The standard InChI is InChI=1S/C17H28N4O3S/c1-15-4-6-16(7-5-15)25(23,24)19-9-3-8-18-17(22)14-21-12-10-20(2)11-13-21/h4-7,19H,3,8-14H2,1-2H3,(H,18,22). The van der Waals surface area contributed by atoms with Gasteiger partial charge in [0.2, 0.25) is 15.9 Å². The molecule has 8 heteroatoms. The van der Waals surface area contributed by atoms with Crippen LogP contribution in [-0.4, -0.2) is 77.0 Å².